The standard InChI is InChI=1S/C15H23NO2/c1-2-14(13-5-3-4-6-15(13)17)16-9-7-12-8-10-18-11-12/h3-6,12,14,16-17H,2,7-11H2,1H3. The SMILES string of the molecule is CCC(NCCC1CCOC1)c1ccccc1O. The number of phenolic OH excluding ortho intramolecular Hbond substituents is 1. The Labute approximate surface area is 109 Å². The molecule has 1 heterocycles. The summed E-state index contributed by atoms with van der Waals surface area (Å²) >= 11 is 0. The summed E-state index contributed by atoms with van der Waals surface area (Å²) in [5.41, 5.74) is 1.00. The molecule has 3 nitrogen and oxygen atoms in total. The van der Waals surface area contributed by atoms with Gasteiger partial charge in [0.15, 0.2) is 0 Å². The van der Waals surface area contributed by atoms with Crippen LogP contribution in [0.2, 0.25) is 0 Å². The first-order chi connectivity index (χ1) is 8.81. The number of benzene rings is 1. The predicted molar refractivity (Wildman–Crippen MR) is 72.7 cm³/mol. The molecule has 2 N–H and O–H groups in total. The monoisotopic (exact) mass is 249 g/mol. The normalized spacial score (nSPS) is 21.1. The lowest BCUT2D eigenvalue weighted by atomic mass is 10.0. The third kappa shape index (κ3) is 3.47. The summed E-state index contributed by atoms with van der Waals surface area (Å²) in [7, 11) is 0. The summed E-state index contributed by atoms with van der Waals surface area (Å²) in [6.45, 7) is 4.96. The topological polar surface area (TPSA) is 41.5 Å². The van der Waals surface area contributed by atoms with Crippen molar-refractivity contribution in [1.82, 2.24) is 5.32 Å². The Hall–Kier alpha value is -1.06. The van der Waals surface area contributed by atoms with Crippen molar-refractivity contribution in [2.45, 2.75) is 32.2 Å². The number of hydrogen-bond donors (Lipinski definition) is 2. The fraction of sp³-hybridized carbons (Fsp3) is 0.600. The summed E-state index contributed by atoms with van der Waals surface area (Å²) < 4.78 is 5.38. The summed E-state index contributed by atoms with van der Waals surface area (Å²) in [6.07, 6.45) is 3.33. The highest BCUT2D eigenvalue weighted by molar-refractivity contribution is 5.34. The van der Waals surface area contributed by atoms with Crippen molar-refractivity contribution >= 4 is 0 Å². The largest absolute Gasteiger partial charge is 0.508 e. The molecule has 2 atom stereocenters. The molecule has 1 aliphatic rings. The van der Waals surface area contributed by atoms with Gasteiger partial charge in [-0.2, -0.15) is 0 Å². The molecule has 100 valence electrons. The summed E-state index contributed by atoms with van der Waals surface area (Å²) in [4.78, 5) is 0. The Kier molecular flexibility index (Phi) is 5.02. The van der Waals surface area contributed by atoms with Crippen LogP contribution in [0.25, 0.3) is 0 Å². The zero-order valence-electron chi connectivity index (χ0n) is 11.1. The second-order valence-corrected chi connectivity index (χ2v) is 4.99. The first kappa shape index (κ1) is 13.4. The van der Waals surface area contributed by atoms with Crippen LogP contribution in [0, 0.1) is 5.92 Å². The minimum Gasteiger partial charge on any atom is -0.508 e. The van der Waals surface area contributed by atoms with Gasteiger partial charge in [-0.1, -0.05) is 25.1 Å². The fourth-order valence-electron chi connectivity index (χ4n) is 2.53. The average Bonchev–Trinajstić information content (AvgIpc) is 2.89. The Balaban J connectivity index is 1.83. The molecular weight excluding hydrogens is 226 g/mol. The predicted octanol–water partition coefficient (Wildman–Crippen LogP) is 2.86. The molecule has 1 fully saturated rings. The lowest BCUT2D eigenvalue weighted by Gasteiger charge is -2.19. The van der Waals surface area contributed by atoms with E-state index in [9.17, 15) is 5.11 Å². The molecule has 0 amide bonds. The van der Waals surface area contributed by atoms with Crippen LogP contribution in [-0.4, -0.2) is 24.9 Å². The van der Waals surface area contributed by atoms with E-state index in [0.717, 1.165) is 38.2 Å². The lowest BCUT2D eigenvalue weighted by molar-refractivity contribution is 0.184. The highest BCUT2D eigenvalue weighted by Crippen LogP contribution is 2.26. The number of nitrogens with one attached hydrogen (secondary N) is 1. The Morgan fingerprint density at radius 3 is 2.94 bits per heavy atom. The molecule has 1 aromatic carbocycles. The van der Waals surface area contributed by atoms with E-state index in [1.807, 2.05) is 18.2 Å². The van der Waals surface area contributed by atoms with Crippen LogP contribution in [0.4, 0.5) is 0 Å². The van der Waals surface area contributed by atoms with Gasteiger partial charge in [-0.25, -0.2) is 0 Å². The molecule has 3 heteroatoms. The fourth-order valence-corrected chi connectivity index (χ4v) is 2.53. The van der Waals surface area contributed by atoms with Crippen molar-refractivity contribution < 1.29 is 9.84 Å². The van der Waals surface area contributed by atoms with Gasteiger partial charge in [0.1, 0.15) is 5.75 Å². The van der Waals surface area contributed by atoms with Crippen LogP contribution in [0.1, 0.15) is 37.8 Å². The summed E-state index contributed by atoms with van der Waals surface area (Å²) in [5, 5.41) is 13.4. The molecule has 1 saturated heterocycles. The molecule has 0 aliphatic carbocycles. The molecule has 0 bridgehead atoms. The first-order valence-corrected chi connectivity index (χ1v) is 6.90. The highest BCUT2D eigenvalue weighted by atomic mass is 16.5. The van der Waals surface area contributed by atoms with Gasteiger partial charge < -0.3 is 15.2 Å². The second-order valence-electron chi connectivity index (χ2n) is 4.99. The molecular formula is C15H23NO2. The zero-order valence-corrected chi connectivity index (χ0v) is 11.1. The van der Waals surface area contributed by atoms with Gasteiger partial charge >= 0.3 is 0 Å². The van der Waals surface area contributed by atoms with Crippen LogP contribution in [0.15, 0.2) is 24.3 Å². The van der Waals surface area contributed by atoms with Gasteiger partial charge in [-0.15, -0.1) is 0 Å². The summed E-state index contributed by atoms with van der Waals surface area (Å²) in [5.74, 6) is 1.10. The minimum atomic E-state index is 0.244. The van der Waals surface area contributed by atoms with Crippen LogP contribution < -0.4 is 5.32 Å². The van der Waals surface area contributed by atoms with Crippen molar-refractivity contribution in [2.24, 2.45) is 5.92 Å². The number of phenols is 1. The third-order valence-corrected chi connectivity index (χ3v) is 3.69. The van der Waals surface area contributed by atoms with Gasteiger partial charge in [-0.3, -0.25) is 0 Å². The van der Waals surface area contributed by atoms with E-state index in [1.54, 1.807) is 6.07 Å². The van der Waals surface area contributed by atoms with Crippen molar-refractivity contribution in [3.8, 4) is 5.75 Å². The third-order valence-electron chi connectivity index (χ3n) is 3.69. The minimum absolute atomic E-state index is 0.244. The number of ether oxygens (including phenoxy) is 1. The maximum absolute atomic E-state index is 9.86. The van der Waals surface area contributed by atoms with Crippen LogP contribution >= 0.6 is 0 Å². The quantitative estimate of drug-likeness (QED) is 0.814. The van der Waals surface area contributed by atoms with Crippen molar-refractivity contribution in [1.29, 1.82) is 0 Å². The second kappa shape index (κ2) is 6.76. The van der Waals surface area contributed by atoms with E-state index < -0.39 is 0 Å². The van der Waals surface area contributed by atoms with E-state index in [4.69, 9.17) is 4.74 Å². The van der Waals surface area contributed by atoms with Crippen LogP contribution in [0.5, 0.6) is 5.75 Å². The highest BCUT2D eigenvalue weighted by Gasteiger charge is 2.17. The molecule has 0 radical (unpaired) electrons. The van der Waals surface area contributed by atoms with E-state index in [1.165, 1.54) is 6.42 Å². The molecule has 0 saturated carbocycles. The Bertz CT molecular complexity index is 361. The summed E-state index contributed by atoms with van der Waals surface area (Å²) in [6, 6.07) is 7.83. The lowest BCUT2D eigenvalue weighted by Crippen LogP contribution is -2.23. The Morgan fingerprint density at radius 1 is 1.44 bits per heavy atom. The molecule has 1 aliphatic heterocycles. The Morgan fingerprint density at radius 2 is 2.28 bits per heavy atom. The van der Waals surface area contributed by atoms with Gasteiger partial charge in [0.05, 0.1) is 0 Å². The van der Waals surface area contributed by atoms with E-state index >= 15 is 0 Å². The van der Waals surface area contributed by atoms with Gasteiger partial charge in [-0.05, 0) is 37.8 Å². The van der Waals surface area contributed by atoms with E-state index in [2.05, 4.69) is 12.2 Å². The van der Waals surface area contributed by atoms with E-state index in [0.29, 0.717) is 11.7 Å². The number of hydrogen-bond acceptors (Lipinski definition) is 3. The van der Waals surface area contributed by atoms with Gasteiger partial charge in [0.2, 0.25) is 0 Å². The van der Waals surface area contributed by atoms with Gasteiger partial charge in [0, 0.05) is 24.8 Å². The average molecular weight is 249 g/mol. The molecule has 0 aromatic heterocycles. The zero-order chi connectivity index (χ0) is 12.8. The smallest absolute Gasteiger partial charge is 0.120 e. The molecule has 1 aromatic rings. The number of aromatic hydroxyl groups is 1. The molecule has 0 spiro atoms. The van der Waals surface area contributed by atoms with Gasteiger partial charge in [0.25, 0.3) is 0 Å². The van der Waals surface area contributed by atoms with Crippen LogP contribution in [-0.2, 0) is 4.74 Å². The van der Waals surface area contributed by atoms with E-state index in [-0.39, 0.29) is 6.04 Å². The van der Waals surface area contributed by atoms with Crippen molar-refractivity contribution in [3.05, 3.63) is 29.8 Å². The van der Waals surface area contributed by atoms with Crippen LogP contribution in [0.3, 0.4) is 0 Å². The number of rotatable bonds is 6. The van der Waals surface area contributed by atoms with Crippen molar-refractivity contribution in [2.75, 3.05) is 19.8 Å². The van der Waals surface area contributed by atoms with Crippen molar-refractivity contribution in [3.63, 3.8) is 0 Å². The molecule has 2 unspecified atom stereocenters. The number of para-hydroxylation sites is 1. The molecule has 2 rings (SSSR count). The first-order valence-electron chi connectivity index (χ1n) is 6.90. The molecule has 18 heavy (non-hydrogen) atoms. The maximum atomic E-state index is 9.86. The maximum Gasteiger partial charge on any atom is 0.120 e.